The molecule has 20 heavy (non-hydrogen) atoms. The molecule has 0 unspecified atom stereocenters. The number of fused-ring (bicyclic) bond motifs is 2. The molecule has 0 aliphatic heterocycles. The number of rotatable bonds is 2. The lowest BCUT2D eigenvalue weighted by atomic mass is 9.90. The molecule has 3 rings (SSSR count). The highest BCUT2D eigenvalue weighted by molar-refractivity contribution is 6.04. The lowest BCUT2D eigenvalue weighted by molar-refractivity contribution is -0.384. The summed E-state index contributed by atoms with van der Waals surface area (Å²) >= 11 is 0. The van der Waals surface area contributed by atoms with Crippen LogP contribution in [-0.2, 0) is 12.8 Å². The lowest BCUT2D eigenvalue weighted by Crippen LogP contribution is -2.13. The quantitative estimate of drug-likeness (QED) is 0.670. The third-order valence-corrected chi connectivity index (χ3v) is 3.67. The van der Waals surface area contributed by atoms with Crippen molar-refractivity contribution in [2.75, 3.05) is 0 Å². The van der Waals surface area contributed by atoms with Crippen molar-refractivity contribution in [2.24, 2.45) is 0 Å². The molecule has 0 amide bonds. The first kappa shape index (κ1) is 12.5. The summed E-state index contributed by atoms with van der Waals surface area (Å²) in [6, 6.07) is 4.19. The van der Waals surface area contributed by atoms with Crippen molar-refractivity contribution >= 4 is 22.6 Å². The second kappa shape index (κ2) is 4.56. The Kier molecular flexibility index (Phi) is 2.85. The average molecular weight is 272 g/mol. The van der Waals surface area contributed by atoms with Gasteiger partial charge in [0.05, 0.1) is 16.0 Å². The molecule has 0 fully saturated rings. The molecule has 0 bridgehead atoms. The number of carbonyl (C=O) groups is 1. The molecule has 1 aromatic carbocycles. The predicted octanol–water partition coefficient (Wildman–Crippen LogP) is 2.72. The smallest absolute Gasteiger partial charge is 0.336 e. The number of carboxylic acids is 1. The third-order valence-electron chi connectivity index (χ3n) is 3.67. The van der Waals surface area contributed by atoms with Gasteiger partial charge in [-0.15, -0.1) is 0 Å². The SMILES string of the molecule is O=C(O)c1c2c(nc3ccc([N+](=O)[O-])cc13)CCCC2. The van der Waals surface area contributed by atoms with E-state index in [4.69, 9.17) is 0 Å². The molecule has 1 N–H and O–H groups in total. The first-order valence-corrected chi connectivity index (χ1v) is 6.41. The van der Waals surface area contributed by atoms with E-state index in [2.05, 4.69) is 4.98 Å². The summed E-state index contributed by atoms with van der Waals surface area (Å²) in [7, 11) is 0. The Morgan fingerprint density at radius 2 is 2.05 bits per heavy atom. The normalized spacial score (nSPS) is 14.0. The van der Waals surface area contributed by atoms with E-state index < -0.39 is 10.9 Å². The Bertz CT molecular complexity index is 740. The van der Waals surface area contributed by atoms with Gasteiger partial charge in [0.15, 0.2) is 0 Å². The minimum absolute atomic E-state index is 0.113. The van der Waals surface area contributed by atoms with Gasteiger partial charge >= 0.3 is 5.97 Å². The van der Waals surface area contributed by atoms with Crippen molar-refractivity contribution in [1.29, 1.82) is 0 Å². The zero-order chi connectivity index (χ0) is 14.3. The minimum atomic E-state index is -1.05. The molecule has 0 radical (unpaired) electrons. The molecule has 0 atom stereocenters. The van der Waals surface area contributed by atoms with Crippen LogP contribution in [0.1, 0.15) is 34.5 Å². The van der Waals surface area contributed by atoms with Crippen molar-refractivity contribution in [3.63, 3.8) is 0 Å². The summed E-state index contributed by atoms with van der Waals surface area (Å²) in [4.78, 5) is 26.4. The molecule has 6 nitrogen and oxygen atoms in total. The maximum Gasteiger partial charge on any atom is 0.336 e. The molecule has 6 heteroatoms. The van der Waals surface area contributed by atoms with Crippen molar-refractivity contribution in [3.8, 4) is 0 Å². The fraction of sp³-hybridized carbons (Fsp3) is 0.286. The summed E-state index contributed by atoms with van der Waals surface area (Å²) in [5, 5.41) is 20.7. The largest absolute Gasteiger partial charge is 0.478 e. The number of nitro benzene ring substituents is 1. The molecule has 102 valence electrons. The third kappa shape index (κ3) is 1.89. The Morgan fingerprint density at radius 1 is 1.30 bits per heavy atom. The van der Waals surface area contributed by atoms with Gasteiger partial charge in [-0.1, -0.05) is 0 Å². The van der Waals surface area contributed by atoms with E-state index in [0.717, 1.165) is 30.5 Å². The van der Waals surface area contributed by atoms with Gasteiger partial charge < -0.3 is 5.11 Å². The van der Waals surface area contributed by atoms with E-state index in [9.17, 15) is 20.0 Å². The van der Waals surface area contributed by atoms with Crippen LogP contribution < -0.4 is 0 Å². The van der Waals surface area contributed by atoms with Crippen LogP contribution in [0.3, 0.4) is 0 Å². The van der Waals surface area contributed by atoms with E-state index >= 15 is 0 Å². The zero-order valence-electron chi connectivity index (χ0n) is 10.6. The summed E-state index contributed by atoms with van der Waals surface area (Å²) in [5.74, 6) is -1.05. The van der Waals surface area contributed by atoms with E-state index in [-0.39, 0.29) is 11.3 Å². The lowest BCUT2D eigenvalue weighted by Gasteiger charge is -2.18. The molecule has 1 aliphatic carbocycles. The maximum absolute atomic E-state index is 11.6. The molecule has 0 saturated heterocycles. The van der Waals surface area contributed by atoms with Crippen LogP contribution in [0.25, 0.3) is 10.9 Å². The molecule has 1 aliphatic rings. The predicted molar refractivity (Wildman–Crippen MR) is 72.0 cm³/mol. The topological polar surface area (TPSA) is 93.3 Å². The van der Waals surface area contributed by atoms with Gasteiger partial charge in [0.1, 0.15) is 0 Å². The summed E-state index contributed by atoms with van der Waals surface area (Å²) < 4.78 is 0. The number of benzene rings is 1. The maximum atomic E-state index is 11.6. The molecular weight excluding hydrogens is 260 g/mol. The number of aromatic carboxylic acids is 1. The van der Waals surface area contributed by atoms with Crippen LogP contribution in [0, 0.1) is 10.1 Å². The zero-order valence-corrected chi connectivity index (χ0v) is 10.6. The van der Waals surface area contributed by atoms with Crippen molar-refractivity contribution in [1.82, 2.24) is 4.98 Å². The number of aromatic nitrogens is 1. The number of non-ortho nitro benzene ring substituents is 1. The van der Waals surface area contributed by atoms with Gasteiger partial charge in [0.2, 0.25) is 0 Å². The standard InChI is InChI=1S/C14H12N2O4/c17-14(18)13-9-3-1-2-4-11(9)15-12-6-5-8(16(19)20)7-10(12)13/h5-7H,1-4H2,(H,17,18). The van der Waals surface area contributed by atoms with E-state index in [1.807, 2.05) is 0 Å². The Balaban J connectivity index is 2.37. The van der Waals surface area contributed by atoms with Crippen LogP contribution in [0.2, 0.25) is 0 Å². The molecule has 1 heterocycles. The Morgan fingerprint density at radius 3 is 2.75 bits per heavy atom. The highest BCUT2D eigenvalue weighted by Crippen LogP contribution is 2.31. The average Bonchev–Trinajstić information content (AvgIpc) is 2.43. The van der Waals surface area contributed by atoms with Gasteiger partial charge in [0, 0.05) is 23.2 Å². The fourth-order valence-corrected chi connectivity index (χ4v) is 2.77. The van der Waals surface area contributed by atoms with Gasteiger partial charge in [0.25, 0.3) is 5.69 Å². The fourth-order valence-electron chi connectivity index (χ4n) is 2.77. The van der Waals surface area contributed by atoms with Gasteiger partial charge in [-0.2, -0.15) is 0 Å². The highest BCUT2D eigenvalue weighted by Gasteiger charge is 2.23. The molecule has 2 aromatic rings. The van der Waals surface area contributed by atoms with Gasteiger partial charge in [-0.05, 0) is 37.3 Å². The number of aryl methyl sites for hydroxylation is 1. The van der Waals surface area contributed by atoms with Crippen LogP contribution in [0.15, 0.2) is 18.2 Å². The second-order valence-corrected chi connectivity index (χ2v) is 4.88. The number of nitrogens with zero attached hydrogens (tertiary/aromatic N) is 2. The Labute approximate surface area is 114 Å². The van der Waals surface area contributed by atoms with Gasteiger partial charge in [-0.25, -0.2) is 4.79 Å². The molecule has 0 saturated carbocycles. The van der Waals surface area contributed by atoms with Crippen molar-refractivity contribution in [2.45, 2.75) is 25.7 Å². The molecule has 0 spiro atoms. The number of pyridine rings is 1. The van der Waals surface area contributed by atoms with Crippen LogP contribution in [0.5, 0.6) is 0 Å². The minimum Gasteiger partial charge on any atom is -0.478 e. The van der Waals surface area contributed by atoms with Crippen LogP contribution in [-0.4, -0.2) is 21.0 Å². The number of hydrogen-bond acceptors (Lipinski definition) is 4. The summed E-state index contributed by atoms with van der Waals surface area (Å²) in [5.41, 5.74) is 2.12. The second-order valence-electron chi connectivity index (χ2n) is 4.88. The van der Waals surface area contributed by atoms with Crippen molar-refractivity contribution in [3.05, 3.63) is 45.1 Å². The monoisotopic (exact) mass is 272 g/mol. The molecule has 1 aromatic heterocycles. The molecular formula is C14H12N2O4. The van der Waals surface area contributed by atoms with E-state index in [1.54, 1.807) is 0 Å². The van der Waals surface area contributed by atoms with E-state index in [1.165, 1.54) is 18.2 Å². The highest BCUT2D eigenvalue weighted by atomic mass is 16.6. The van der Waals surface area contributed by atoms with E-state index in [0.29, 0.717) is 17.3 Å². The van der Waals surface area contributed by atoms with Crippen LogP contribution in [0.4, 0.5) is 5.69 Å². The number of hydrogen-bond donors (Lipinski definition) is 1. The van der Waals surface area contributed by atoms with Gasteiger partial charge in [-0.3, -0.25) is 15.1 Å². The number of nitro groups is 1. The van der Waals surface area contributed by atoms with Crippen LogP contribution >= 0.6 is 0 Å². The number of carboxylic acid groups (broad SMARTS) is 1. The summed E-state index contributed by atoms with van der Waals surface area (Å²) in [6.07, 6.45) is 3.36. The first-order chi connectivity index (χ1) is 9.58. The van der Waals surface area contributed by atoms with Crippen molar-refractivity contribution < 1.29 is 14.8 Å². The first-order valence-electron chi connectivity index (χ1n) is 6.41. The Hall–Kier alpha value is -2.50. The summed E-state index contributed by atoms with van der Waals surface area (Å²) in [6.45, 7) is 0.